The normalized spacial score (nSPS) is 36.3. The highest BCUT2D eigenvalue weighted by Crippen LogP contribution is 2.69. The van der Waals surface area contributed by atoms with Crippen LogP contribution in [0.25, 0.3) is 0 Å². The Morgan fingerprint density at radius 2 is 2.00 bits per heavy atom. The van der Waals surface area contributed by atoms with Crippen LogP contribution in [-0.4, -0.2) is 11.4 Å². The van der Waals surface area contributed by atoms with E-state index in [1.807, 2.05) is 11.4 Å². The lowest BCUT2D eigenvalue weighted by Gasteiger charge is -2.29. The van der Waals surface area contributed by atoms with E-state index in [-0.39, 0.29) is 0 Å². The molecule has 0 bridgehead atoms. The van der Waals surface area contributed by atoms with Crippen LogP contribution < -0.4 is 0 Å². The third-order valence-electron chi connectivity index (χ3n) is 2.46. The highest BCUT2D eigenvalue weighted by Gasteiger charge is 2.41. The third kappa shape index (κ3) is 1.85. The van der Waals surface area contributed by atoms with Crippen molar-refractivity contribution in [2.45, 2.75) is 36.9 Å². The lowest BCUT2D eigenvalue weighted by Crippen LogP contribution is -2.28. The highest BCUT2D eigenvalue weighted by molar-refractivity contribution is 8.62. The van der Waals surface area contributed by atoms with Crippen molar-refractivity contribution in [3.63, 3.8) is 0 Å². The SMILES string of the molecule is ClP1OCC2(CCCCC2)S1. The minimum absolute atomic E-state index is 0.436. The second-order valence-corrected chi connectivity index (χ2v) is 8.12. The molecule has 0 N–H and O–H groups in total. The van der Waals surface area contributed by atoms with E-state index in [4.69, 9.17) is 15.8 Å². The number of hydrogen-bond acceptors (Lipinski definition) is 2. The molecule has 0 aromatic carbocycles. The summed E-state index contributed by atoms with van der Waals surface area (Å²) < 4.78 is 5.88. The molecule has 2 aliphatic rings. The fourth-order valence-corrected chi connectivity index (χ4v) is 6.58. The Balaban J connectivity index is 1.98. The molecule has 1 nitrogen and oxygen atoms in total. The molecule has 2 rings (SSSR count). The van der Waals surface area contributed by atoms with Crippen LogP contribution in [0.3, 0.4) is 0 Å². The first-order valence-electron chi connectivity index (χ1n) is 4.09. The van der Waals surface area contributed by atoms with Crippen LogP contribution in [0.1, 0.15) is 32.1 Å². The predicted molar refractivity (Wildman–Crippen MR) is 52.1 cm³/mol. The van der Waals surface area contributed by atoms with Crippen molar-refractivity contribution in [1.82, 2.24) is 0 Å². The molecule has 0 amide bonds. The lowest BCUT2D eigenvalue weighted by atomic mass is 9.89. The Morgan fingerprint density at radius 1 is 1.27 bits per heavy atom. The molecule has 1 aliphatic heterocycles. The van der Waals surface area contributed by atoms with Crippen LogP contribution in [-0.2, 0) is 4.52 Å². The van der Waals surface area contributed by atoms with Gasteiger partial charge < -0.3 is 4.52 Å². The van der Waals surface area contributed by atoms with Gasteiger partial charge in [-0.2, -0.15) is 0 Å². The molecule has 11 heavy (non-hydrogen) atoms. The first-order valence-corrected chi connectivity index (χ1v) is 7.67. The van der Waals surface area contributed by atoms with Crippen molar-refractivity contribution >= 4 is 29.3 Å². The van der Waals surface area contributed by atoms with E-state index in [0.29, 0.717) is 4.75 Å². The van der Waals surface area contributed by atoms with E-state index in [9.17, 15) is 0 Å². The molecule has 2 fully saturated rings. The second kappa shape index (κ2) is 3.41. The van der Waals surface area contributed by atoms with E-state index in [1.165, 1.54) is 32.1 Å². The summed E-state index contributed by atoms with van der Waals surface area (Å²) in [7, 11) is 0. The summed E-state index contributed by atoms with van der Waals surface area (Å²) in [6.45, 7) is 0.262. The van der Waals surface area contributed by atoms with Gasteiger partial charge in [0.2, 0.25) is 0 Å². The monoisotopic (exact) mass is 210 g/mol. The summed E-state index contributed by atoms with van der Waals surface area (Å²) in [5.41, 5.74) is 0. The summed E-state index contributed by atoms with van der Waals surface area (Å²) in [5.74, 6) is 0. The van der Waals surface area contributed by atoms with Crippen molar-refractivity contribution in [3.05, 3.63) is 0 Å². The Hall–Kier alpha value is 1.03. The molecule has 1 saturated carbocycles. The van der Waals surface area contributed by atoms with E-state index in [0.717, 1.165) is 6.61 Å². The Morgan fingerprint density at radius 3 is 2.55 bits per heavy atom. The average molecular weight is 211 g/mol. The molecule has 1 aliphatic carbocycles. The van der Waals surface area contributed by atoms with E-state index >= 15 is 0 Å². The third-order valence-corrected chi connectivity index (χ3v) is 6.67. The van der Waals surface area contributed by atoms with Gasteiger partial charge in [-0.1, -0.05) is 41.9 Å². The van der Waals surface area contributed by atoms with Crippen molar-refractivity contribution in [1.29, 1.82) is 0 Å². The summed E-state index contributed by atoms with van der Waals surface area (Å²) in [6.07, 6.45) is 6.79. The van der Waals surface area contributed by atoms with Crippen LogP contribution in [0, 0.1) is 0 Å². The van der Waals surface area contributed by atoms with Gasteiger partial charge in [0.15, 0.2) is 6.70 Å². The van der Waals surface area contributed by atoms with Gasteiger partial charge in [0.05, 0.1) is 6.61 Å². The molecule has 1 atom stereocenters. The molecule has 1 heterocycles. The lowest BCUT2D eigenvalue weighted by molar-refractivity contribution is 0.271. The highest BCUT2D eigenvalue weighted by atomic mass is 35.7. The van der Waals surface area contributed by atoms with Gasteiger partial charge in [0, 0.05) is 4.75 Å². The van der Waals surface area contributed by atoms with E-state index in [1.54, 1.807) is 0 Å². The zero-order valence-electron chi connectivity index (χ0n) is 6.38. The quantitative estimate of drug-likeness (QED) is 0.561. The summed E-state index contributed by atoms with van der Waals surface area (Å²) in [5, 5.41) is 0. The van der Waals surface area contributed by atoms with Gasteiger partial charge in [0.1, 0.15) is 0 Å². The Bertz CT molecular complexity index is 144. The number of hydrogen-bond donors (Lipinski definition) is 0. The van der Waals surface area contributed by atoms with Gasteiger partial charge in [-0.05, 0) is 12.8 Å². The smallest absolute Gasteiger partial charge is 0.189 e. The molecular weight excluding hydrogens is 199 g/mol. The van der Waals surface area contributed by atoms with E-state index < -0.39 is 6.70 Å². The van der Waals surface area contributed by atoms with Gasteiger partial charge in [0.25, 0.3) is 0 Å². The Kier molecular flexibility index (Phi) is 2.67. The van der Waals surface area contributed by atoms with Gasteiger partial charge in [-0.3, -0.25) is 0 Å². The van der Waals surface area contributed by atoms with Crippen LogP contribution in [0.2, 0.25) is 0 Å². The fraction of sp³-hybridized carbons (Fsp3) is 1.00. The fourth-order valence-electron chi connectivity index (χ4n) is 1.81. The van der Waals surface area contributed by atoms with Crippen LogP contribution in [0.15, 0.2) is 0 Å². The van der Waals surface area contributed by atoms with Crippen molar-refractivity contribution in [3.8, 4) is 0 Å². The second-order valence-electron chi connectivity index (χ2n) is 3.32. The first-order chi connectivity index (χ1) is 5.31. The van der Waals surface area contributed by atoms with Gasteiger partial charge >= 0.3 is 0 Å². The van der Waals surface area contributed by atoms with E-state index in [2.05, 4.69) is 0 Å². The summed E-state index contributed by atoms with van der Waals surface area (Å²) in [6, 6.07) is 0. The zero-order chi connectivity index (χ0) is 7.73. The topological polar surface area (TPSA) is 9.23 Å². The predicted octanol–water partition coefficient (Wildman–Crippen LogP) is 3.92. The molecular formula is C7H12ClOPS. The van der Waals surface area contributed by atoms with Crippen LogP contribution >= 0.6 is 29.3 Å². The molecule has 4 heteroatoms. The number of halogens is 1. The minimum Gasteiger partial charge on any atom is -0.334 e. The standard InChI is InChI=1S/C7H12ClOPS/c8-10-9-6-7(11-10)4-2-1-3-5-7/h1-6H2. The largest absolute Gasteiger partial charge is 0.334 e. The zero-order valence-corrected chi connectivity index (χ0v) is 8.85. The molecule has 0 aromatic heterocycles. The first kappa shape index (κ1) is 8.62. The summed E-state index contributed by atoms with van der Waals surface area (Å²) in [4.78, 5) is 0. The maximum Gasteiger partial charge on any atom is 0.189 e. The van der Waals surface area contributed by atoms with Crippen LogP contribution in [0.4, 0.5) is 0 Å². The maximum absolute atomic E-state index is 5.94. The number of rotatable bonds is 0. The van der Waals surface area contributed by atoms with Crippen molar-refractivity contribution in [2.75, 3.05) is 6.61 Å². The maximum atomic E-state index is 5.94. The molecule has 1 saturated heterocycles. The molecule has 0 aromatic rings. The van der Waals surface area contributed by atoms with Crippen molar-refractivity contribution < 1.29 is 4.52 Å². The molecule has 64 valence electrons. The molecule has 1 unspecified atom stereocenters. The molecule has 1 spiro atoms. The van der Waals surface area contributed by atoms with Gasteiger partial charge in [-0.15, -0.1) is 0 Å². The van der Waals surface area contributed by atoms with Gasteiger partial charge in [-0.25, -0.2) is 0 Å². The summed E-state index contributed by atoms with van der Waals surface area (Å²) >= 11 is 7.84. The van der Waals surface area contributed by atoms with Crippen LogP contribution in [0.5, 0.6) is 0 Å². The average Bonchev–Trinajstić information content (AvgIpc) is 2.34. The Labute approximate surface area is 77.6 Å². The minimum atomic E-state index is -0.647. The molecule has 0 radical (unpaired) electrons. The van der Waals surface area contributed by atoms with Crippen molar-refractivity contribution in [2.24, 2.45) is 0 Å².